The molecule has 0 saturated heterocycles. The van der Waals surface area contributed by atoms with Gasteiger partial charge in [-0.3, -0.25) is 9.59 Å². The number of aromatic hydroxyl groups is 1. The first-order valence-corrected chi connectivity index (χ1v) is 3.92. The number of rotatable bonds is 0. The van der Waals surface area contributed by atoms with Crippen molar-refractivity contribution in [2.45, 2.75) is 0 Å². The minimum Gasteiger partial charge on any atom is -0.508 e. The molecule has 0 saturated carbocycles. The normalized spacial score (nSPS) is 13.1. The molecule has 1 aromatic rings. The molecule has 4 nitrogen and oxygen atoms in total. The van der Waals surface area contributed by atoms with E-state index in [4.69, 9.17) is 5.11 Å². The zero-order valence-corrected chi connectivity index (χ0v) is 10.7. The van der Waals surface area contributed by atoms with Gasteiger partial charge >= 0.3 is 0 Å². The maximum absolute atomic E-state index is 11.3. The van der Waals surface area contributed by atoms with Crippen LogP contribution in [0.15, 0.2) is 24.3 Å². The second-order valence-electron chi connectivity index (χ2n) is 2.95. The minimum atomic E-state index is -0.749. The second-order valence-corrected chi connectivity index (χ2v) is 2.95. The maximum atomic E-state index is 11.3. The van der Waals surface area contributed by atoms with E-state index in [0.29, 0.717) is 0 Å². The predicted octanol–water partition coefficient (Wildman–Crippen LogP) is 1.05. The fraction of sp³-hybridized carbons (Fsp3) is 0. The molecule has 0 atom stereocenters. The zero-order valence-electron chi connectivity index (χ0n) is 7.62. The van der Waals surface area contributed by atoms with Gasteiger partial charge in [0.1, 0.15) is 11.5 Å². The smallest absolute Gasteiger partial charge is 0.233 e. The summed E-state index contributed by atoms with van der Waals surface area (Å²) in [6, 6.07) is 3.85. The third kappa shape index (κ3) is 2.45. The van der Waals surface area contributed by atoms with Crippen molar-refractivity contribution in [1.82, 2.24) is 0 Å². The molecule has 2 rings (SSSR count). The summed E-state index contributed by atoms with van der Waals surface area (Å²) in [5.74, 6) is -1.77. The number of hydrogen-bond acceptors (Lipinski definition) is 4. The van der Waals surface area contributed by atoms with E-state index in [2.05, 4.69) is 0 Å². The molecule has 0 unspecified atom stereocenters. The molecule has 16 heavy (non-hydrogen) atoms. The van der Waals surface area contributed by atoms with Crippen LogP contribution in [0.4, 0.5) is 0 Å². The third-order valence-corrected chi connectivity index (χ3v) is 2.02. The summed E-state index contributed by atoms with van der Waals surface area (Å²) in [5.41, 5.74) is 0.308. The fourth-order valence-corrected chi connectivity index (χ4v) is 1.34. The molecular weight excluding hydrogens is 445 g/mol. The summed E-state index contributed by atoms with van der Waals surface area (Å²) < 4.78 is 0. The van der Waals surface area contributed by atoms with Crippen molar-refractivity contribution in [3.05, 3.63) is 35.4 Å². The molecule has 6 heteroatoms. The van der Waals surface area contributed by atoms with Crippen molar-refractivity contribution in [3.8, 4) is 5.75 Å². The van der Waals surface area contributed by atoms with Gasteiger partial charge in [0.05, 0.1) is 0 Å². The molecule has 0 amide bonds. The summed E-state index contributed by atoms with van der Waals surface area (Å²) >= 11 is 0. The Bertz CT molecular complexity index is 482. The van der Waals surface area contributed by atoms with Crippen LogP contribution in [-0.2, 0) is 44.2 Å². The van der Waals surface area contributed by atoms with Gasteiger partial charge in [-0.15, -0.1) is 0 Å². The predicted molar refractivity (Wildman–Crippen MR) is 48.1 cm³/mol. The van der Waals surface area contributed by atoms with E-state index in [-0.39, 0.29) is 62.1 Å². The fourth-order valence-electron chi connectivity index (χ4n) is 1.34. The molecule has 92 valence electrons. The molecular formula is C10H6AuCuO4. The van der Waals surface area contributed by atoms with Crippen LogP contribution in [-0.4, -0.2) is 21.8 Å². The van der Waals surface area contributed by atoms with Crippen LogP contribution in [0.3, 0.4) is 0 Å². The number of hydrogen-bond donors (Lipinski definition) is 2. The van der Waals surface area contributed by atoms with E-state index in [0.717, 1.165) is 6.08 Å². The maximum Gasteiger partial charge on any atom is 0.233 e. The Morgan fingerprint density at radius 1 is 1.00 bits per heavy atom. The van der Waals surface area contributed by atoms with Crippen molar-refractivity contribution in [2.24, 2.45) is 0 Å². The Morgan fingerprint density at radius 2 is 1.62 bits per heavy atom. The average Bonchev–Trinajstić information content (AvgIpc) is 2.14. The molecule has 0 bridgehead atoms. The first-order chi connectivity index (χ1) is 6.59. The van der Waals surface area contributed by atoms with Crippen LogP contribution in [0.1, 0.15) is 15.9 Å². The van der Waals surface area contributed by atoms with Crippen LogP contribution in [0.5, 0.6) is 5.75 Å². The first-order valence-electron chi connectivity index (χ1n) is 3.92. The Labute approximate surface area is 117 Å². The van der Waals surface area contributed by atoms with E-state index in [1.807, 2.05) is 0 Å². The zero-order chi connectivity index (χ0) is 10.3. The van der Waals surface area contributed by atoms with Gasteiger partial charge in [0.2, 0.25) is 11.6 Å². The summed E-state index contributed by atoms with van der Waals surface area (Å²) in [4.78, 5) is 22.3. The standard InChI is InChI=1S/C10H6O4.Au.Cu/c11-5-1-2-6-7(3-5)8(12)4-9(13)10(6)14;;/h1-4,11-12H;;. The Kier molecular flexibility index (Phi) is 5.19. The Balaban J connectivity index is 0.00000112. The number of phenolic OH excluding ortho intramolecular Hbond substituents is 1. The molecule has 0 heterocycles. The molecule has 1 aromatic carbocycles. The second kappa shape index (κ2) is 5.48. The van der Waals surface area contributed by atoms with E-state index in [1.165, 1.54) is 18.2 Å². The van der Waals surface area contributed by atoms with Gasteiger partial charge < -0.3 is 10.2 Å². The van der Waals surface area contributed by atoms with Gasteiger partial charge in [-0.25, -0.2) is 0 Å². The topological polar surface area (TPSA) is 74.6 Å². The number of carbonyl (C=O) groups is 2. The molecule has 1 aliphatic rings. The Hall–Kier alpha value is -0.840. The molecule has 1 aliphatic carbocycles. The first kappa shape index (κ1) is 15.2. The number of ketones is 2. The number of allylic oxidation sites excluding steroid dienone is 1. The van der Waals surface area contributed by atoms with Crippen molar-refractivity contribution >= 4 is 17.3 Å². The third-order valence-electron chi connectivity index (χ3n) is 2.02. The van der Waals surface area contributed by atoms with Crippen molar-refractivity contribution in [1.29, 1.82) is 0 Å². The summed E-state index contributed by atoms with van der Waals surface area (Å²) in [6.07, 6.45) is 0.851. The van der Waals surface area contributed by atoms with E-state index in [1.54, 1.807) is 0 Å². The van der Waals surface area contributed by atoms with E-state index in [9.17, 15) is 14.7 Å². The largest absolute Gasteiger partial charge is 0.508 e. The van der Waals surface area contributed by atoms with Crippen molar-refractivity contribution < 1.29 is 59.3 Å². The van der Waals surface area contributed by atoms with Gasteiger partial charge in [-0.2, -0.15) is 0 Å². The van der Waals surface area contributed by atoms with Crippen molar-refractivity contribution in [2.75, 3.05) is 0 Å². The molecule has 0 aliphatic heterocycles. The number of Topliss-reactive ketones (excluding diaryl/α,β-unsaturated/α-hetero) is 1. The summed E-state index contributed by atoms with van der Waals surface area (Å²) in [5, 5.41) is 18.5. The number of phenols is 1. The molecule has 0 spiro atoms. The number of fused-ring (bicyclic) bond motifs is 1. The SMILES string of the molecule is O=C1C=C(O)c2cc(O)ccc2C1=O.[Au].[Cu]. The van der Waals surface area contributed by atoms with Crippen molar-refractivity contribution in [3.63, 3.8) is 0 Å². The molecule has 0 aromatic heterocycles. The number of benzene rings is 1. The van der Waals surface area contributed by atoms with E-state index < -0.39 is 11.6 Å². The Morgan fingerprint density at radius 3 is 2.25 bits per heavy atom. The number of aliphatic hydroxyl groups is 1. The van der Waals surface area contributed by atoms with Crippen LogP contribution < -0.4 is 0 Å². The van der Waals surface area contributed by atoms with Crippen LogP contribution in [0.2, 0.25) is 0 Å². The van der Waals surface area contributed by atoms with Gasteiger partial charge in [0.25, 0.3) is 0 Å². The quantitative estimate of drug-likeness (QED) is 0.458. The van der Waals surface area contributed by atoms with Gasteiger partial charge in [0, 0.05) is 56.7 Å². The molecule has 0 fully saturated rings. The van der Waals surface area contributed by atoms with E-state index >= 15 is 0 Å². The summed E-state index contributed by atoms with van der Waals surface area (Å²) in [6.45, 7) is 0. The molecule has 2 N–H and O–H groups in total. The van der Waals surface area contributed by atoms with Crippen LogP contribution in [0, 0.1) is 0 Å². The average molecular weight is 451 g/mol. The number of aliphatic hydroxyl groups excluding tert-OH is 1. The van der Waals surface area contributed by atoms with Gasteiger partial charge in [0.15, 0.2) is 0 Å². The minimum absolute atomic E-state index is 0. The van der Waals surface area contributed by atoms with Crippen LogP contribution >= 0.6 is 0 Å². The number of carbonyl (C=O) groups excluding carboxylic acids is 2. The van der Waals surface area contributed by atoms with Gasteiger partial charge in [-0.1, -0.05) is 0 Å². The van der Waals surface area contributed by atoms with Crippen LogP contribution in [0.25, 0.3) is 5.76 Å². The van der Waals surface area contributed by atoms with Gasteiger partial charge in [-0.05, 0) is 18.2 Å². The summed E-state index contributed by atoms with van der Waals surface area (Å²) in [7, 11) is 0. The monoisotopic (exact) mass is 450 g/mol. The molecule has 2 radical (unpaired) electrons.